The fourth-order valence-electron chi connectivity index (χ4n) is 1.85. The smallest absolute Gasteiger partial charge is 0.336 e. The number of hydrogen-bond acceptors (Lipinski definition) is 5. The second-order valence-corrected chi connectivity index (χ2v) is 4.46. The number of nitro benzene ring substituents is 1. The molecule has 0 amide bonds. The Balaban J connectivity index is 2.19. The van der Waals surface area contributed by atoms with E-state index in [9.17, 15) is 14.9 Å². The summed E-state index contributed by atoms with van der Waals surface area (Å²) in [4.78, 5) is 21.2. The molecule has 2 N–H and O–H groups in total. The fourth-order valence-corrected chi connectivity index (χ4v) is 1.85. The summed E-state index contributed by atoms with van der Waals surface area (Å²) in [5.41, 5.74) is 4.47. The van der Waals surface area contributed by atoms with Crippen LogP contribution >= 0.6 is 0 Å². The lowest BCUT2D eigenvalue weighted by Gasteiger charge is -2.06. The number of rotatable bonds is 5. The number of aromatic carboxylic acids is 1. The predicted octanol–water partition coefficient (Wildman–Crippen LogP) is 3.13. The molecule has 0 fully saturated rings. The Bertz CT molecular complexity index is 739. The number of carbonyl (C=O) groups is 1. The number of benzene rings is 2. The Labute approximate surface area is 126 Å². The van der Waals surface area contributed by atoms with Crippen LogP contribution in [-0.2, 0) is 0 Å². The van der Waals surface area contributed by atoms with Crippen LogP contribution in [0.3, 0.4) is 0 Å². The van der Waals surface area contributed by atoms with Crippen LogP contribution < -0.4 is 5.43 Å². The van der Waals surface area contributed by atoms with Crippen molar-refractivity contribution in [2.45, 2.75) is 6.92 Å². The van der Waals surface area contributed by atoms with Gasteiger partial charge in [-0.05, 0) is 25.1 Å². The van der Waals surface area contributed by atoms with Gasteiger partial charge in [0.1, 0.15) is 0 Å². The quantitative estimate of drug-likeness (QED) is 0.501. The van der Waals surface area contributed by atoms with E-state index < -0.39 is 10.9 Å². The van der Waals surface area contributed by atoms with Crippen LogP contribution in [-0.4, -0.2) is 21.7 Å². The number of nitrogens with zero attached hydrogens (tertiary/aromatic N) is 2. The second-order valence-electron chi connectivity index (χ2n) is 4.46. The molecule has 2 aromatic carbocycles. The van der Waals surface area contributed by atoms with Gasteiger partial charge < -0.3 is 5.11 Å². The summed E-state index contributed by atoms with van der Waals surface area (Å²) in [5.74, 6) is -1.03. The average molecular weight is 299 g/mol. The molecular weight excluding hydrogens is 286 g/mol. The van der Waals surface area contributed by atoms with Crippen molar-refractivity contribution in [1.29, 1.82) is 0 Å². The number of anilines is 1. The highest BCUT2D eigenvalue weighted by Crippen LogP contribution is 2.16. The van der Waals surface area contributed by atoms with Crippen LogP contribution in [0.4, 0.5) is 11.4 Å². The first kappa shape index (κ1) is 15.2. The van der Waals surface area contributed by atoms with Gasteiger partial charge >= 0.3 is 5.97 Å². The monoisotopic (exact) mass is 299 g/mol. The Morgan fingerprint density at radius 1 is 1.14 bits per heavy atom. The SMILES string of the molecule is CC(=NNc1ccc([N+](=O)[O-])cc1)c1ccccc1C(=O)O. The summed E-state index contributed by atoms with van der Waals surface area (Å²) in [7, 11) is 0. The molecule has 0 aliphatic rings. The number of carboxylic acids is 1. The molecule has 0 radical (unpaired) electrons. The molecule has 0 bridgehead atoms. The normalized spacial score (nSPS) is 11.0. The molecule has 0 atom stereocenters. The summed E-state index contributed by atoms with van der Waals surface area (Å²) in [6, 6.07) is 12.3. The average Bonchev–Trinajstić information content (AvgIpc) is 2.53. The molecule has 0 saturated heterocycles. The van der Waals surface area contributed by atoms with Crippen molar-refractivity contribution < 1.29 is 14.8 Å². The molecule has 0 aliphatic carbocycles. The van der Waals surface area contributed by atoms with Crippen LogP contribution in [0.25, 0.3) is 0 Å². The minimum atomic E-state index is -1.03. The van der Waals surface area contributed by atoms with Gasteiger partial charge in [-0.25, -0.2) is 4.79 Å². The first-order chi connectivity index (χ1) is 10.5. The Morgan fingerprint density at radius 2 is 1.73 bits per heavy atom. The highest BCUT2D eigenvalue weighted by molar-refractivity contribution is 6.07. The van der Waals surface area contributed by atoms with Crippen LogP contribution in [0.1, 0.15) is 22.8 Å². The second kappa shape index (κ2) is 6.49. The van der Waals surface area contributed by atoms with Gasteiger partial charge in [0.15, 0.2) is 0 Å². The van der Waals surface area contributed by atoms with Crippen molar-refractivity contribution in [3.8, 4) is 0 Å². The van der Waals surface area contributed by atoms with Crippen molar-refractivity contribution in [3.05, 3.63) is 69.8 Å². The predicted molar refractivity (Wildman–Crippen MR) is 82.3 cm³/mol. The first-order valence-electron chi connectivity index (χ1n) is 6.36. The summed E-state index contributed by atoms with van der Waals surface area (Å²) >= 11 is 0. The molecule has 0 spiro atoms. The summed E-state index contributed by atoms with van der Waals surface area (Å²) < 4.78 is 0. The van der Waals surface area contributed by atoms with Crippen LogP contribution in [0.5, 0.6) is 0 Å². The third kappa shape index (κ3) is 3.45. The zero-order valence-electron chi connectivity index (χ0n) is 11.7. The highest BCUT2D eigenvalue weighted by Gasteiger charge is 2.11. The first-order valence-corrected chi connectivity index (χ1v) is 6.36. The van der Waals surface area contributed by atoms with E-state index in [0.717, 1.165) is 0 Å². The summed E-state index contributed by atoms with van der Waals surface area (Å²) in [5, 5.41) is 23.8. The van der Waals surface area contributed by atoms with Crippen molar-refractivity contribution >= 4 is 23.1 Å². The lowest BCUT2D eigenvalue weighted by molar-refractivity contribution is -0.384. The number of hydrazone groups is 1. The molecule has 0 heterocycles. The van der Waals surface area contributed by atoms with Gasteiger partial charge in [0.2, 0.25) is 0 Å². The summed E-state index contributed by atoms with van der Waals surface area (Å²) in [6.07, 6.45) is 0. The summed E-state index contributed by atoms with van der Waals surface area (Å²) in [6.45, 7) is 1.68. The Hall–Kier alpha value is -3.22. The van der Waals surface area contributed by atoms with Gasteiger partial charge in [-0.3, -0.25) is 15.5 Å². The third-order valence-corrected chi connectivity index (χ3v) is 2.98. The molecule has 2 rings (SSSR count). The maximum atomic E-state index is 11.2. The highest BCUT2D eigenvalue weighted by atomic mass is 16.6. The molecule has 0 unspecified atom stereocenters. The van der Waals surface area contributed by atoms with Gasteiger partial charge in [-0.1, -0.05) is 18.2 Å². The number of nitro groups is 1. The topological polar surface area (TPSA) is 105 Å². The molecule has 7 heteroatoms. The molecule has 0 saturated carbocycles. The van der Waals surface area contributed by atoms with Crippen LogP contribution in [0.2, 0.25) is 0 Å². The van der Waals surface area contributed by atoms with Crippen molar-refractivity contribution in [1.82, 2.24) is 0 Å². The molecule has 22 heavy (non-hydrogen) atoms. The maximum absolute atomic E-state index is 11.2. The number of hydrogen-bond donors (Lipinski definition) is 2. The van der Waals surface area contributed by atoms with Crippen molar-refractivity contribution in [3.63, 3.8) is 0 Å². The van der Waals surface area contributed by atoms with Gasteiger partial charge in [0.25, 0.3) is 5.69 Å². The molecule has 0 aliphatic heterocycles. The number of nitrogens with one attached hydrogen (secondary N) is 1. The van der Waals surface area contributed by atoms with Gasteiger partial charge in [0.05, 0.1) is 21.9 Å². The molecule has 7 nitrogen and oxygen atoms in total. The fraction of sp³-hybridized carbons (Fsp3) is 0.0667. The van der Waals surface area contributed by atoms with Crippen LogP contribution in [0, 0.1) is 10.1 Å². The van der Waals surface area contributed by atoms with E-state index in [1.54, 1.807) is 25.1 Å². The lowest BCUT2D eigenvalue weighted by Crippen LogP contribution is -2.08. The lowest BCUT2D eigenvalue weighted by atomic mass is 10.0. The largest absolute Gasteiger partial charge is 0.478 e. The van der Waals surface area contributed by atoms with Gasteiger partial charge in [0, 0.05) is 17.7 Å². The van der Waals surface area contributed by atoms with Gasteiger partial charge in [-0.15, -0.1) is 0 Å². The van der Waals surface area contributed by atoms with E-state index in [4.69, 9.17) is 5.11 Å². The maximum Gasteiger partial charge on any atom is 0.336 e. The van der Waals surface area contributed by atoms with E-state index in [2.05, 4.69) is 10.5 Å². The minimum Gasteiger partial charge on any atom is -0.478 e. The zero-order chi connectivity index (χ0) is 16.1. The number of carboxylic acid groups (broad SMARTS) is 1. The molecular formula is C15H13N3O4. The van der Waals surface area contributed by atoms with Crippen molar-refractivity contribution in [2.24, 2.45) is 5.10 Å². The standard InChI is InChI=1S/C15H13N3O4/c1-10(13-4-2-3-5-14(13)15(19)20)16-17-11-6-8-12(9-7-11)18(21)22/h2-9,17H,1H3,(H,19,20). The Kier molecular flexibility index (Phi) is 4.47. The third-order valence-electron chi connectivity index (χ3n) is 2.98. The van der Waals surface area contributed by atoms with E-state index in [1.807, 2.05) is 0 Å². The minimum absolute atomic E-state index is 0.0116. The molecule has 112 valence electrons. The van der Waals surface area contributed by atoms with E-state index in [0.29, 0.717) is 17.0 Å². The number of non-ortho nitro benzene ring substituents is 1. The molecule has 2 aromatic rings. The van der Waals surface area contributed by atoms with E-state index in [1.165, 1.54) is 30.3 Å². The Morgan fingerprint density at radius 3 is 2.27 bits per heavy atom. The van der Waals surface area contributed by atoms with E-state index >= 15 is 0 Å². The van der Waals surface area contributed by atoms with E-state index in [-0.39, 0.29) is 11.3 Å². The van der Waals surface area contributed by atoms with Gasteiger partial charge in [-0.2, -0.15) is 5.10 Å². The van der Waals surface area contributed by atoms with Crippen molar-refractivity contribution in [2.75, 3.05) is 5.43 Å². The van der Waals surface area contributed by atoms with Crippen LogP contribution in [0.15, 0.2) is 53.6 Å². The molecule has 0 aromatic heterocycles. The zero-order valence-corrected chi connectivity index (χ0v) is 11.7.